The number of halogens is 1. The van der Waals surface area contributed by atoms with Gasteiger partial charge in [0.15, 0.2) is 0 Å². The van der Waals surface area contributed by atoms with E-state index in [-0.39, 0.29) is 11.9 Å². The molecule has 0 aliphatic heterocycles. The van der Waals surface area contributed by atoms with Gasteiger partial charge in [-0.25, -0.2) is 0 Å². The van der Waals surface area contributed by atoms with Crippen LogP contribution in [0.3, 0.4) is 0 Å². The summed E-state index contributed by atoms with van der Waals surface area (Å²) in [6, 6.07) is 5.24. The Morgan fingerprint density at radius 2 is 2.12 bits per heavy atom. The lowest BCUT2D eigenvalue weighted by molar-refractivity contribution is 0.0700. The normalized spacial score (nSPS) is 12.2. The molecule has 1 amide bonds. The van der Waals surface area contributed by atoms with Crippen molar-refractivity contribution in [2.45, 2.75) is 33.2 Å². The number of anilines is 1. The predicted octanol–water partition coefficient (Wildman–Crippen LogP) is 3.18. The van der Waals surface area contributed by atoms with Gasteiger partial charge < -0.3 is 10.6 Å². The average molecular weight is 255 g/mol. The van der Waals surface area contributed by atoms with Crippen LogP contribution in [0.4, 0.5) is 5.69 Å². The zero-order valence-corrected chi connectivity index (χ0v) is 11.3. The molecule has 0 heterocycles. The summed E-state index contributed by atoms with van der Waals surface area (Å²) in [5.74, 6) is 0.00483. The molecule has 0 fully saturated rings. The van der Waals surface area contributed by atoms with E-state index >= 15 is 0 Å². The summed E-state index contributed by atoms with van der Waals surface area (Å²) in [4.78, 5) is 14.1. The first-order valence-corrected chi connectivity index (χ1v) is 6.25. The van der Waals surface area contributed by atoms with E-state index in [1.165, 1.54) is 0 Å². The highest BCUT2D eigenvalue weighted by Crippen LogP contribution is 2.21. The zero-order valence-electron chi connectivity index (χ0n) is 10.5. The molecule has 0 saturated carbocycles. The molecule has 94 valence electrons. The number of carbonyl (C=O) groups is 1. The second-order valence-corrected chi connectivity index (χ2v) is 4.49. The minimum absolute atomic E-state index is 0.00483. The maximum absolute atomic E-state index is 12.3. The van der Waals surface area contributed by atoms with Crippen LogP contribution >= 0.6 is 11.6 Å². The van der Waals surface area contributed by atoms with E-state index in [0.717, 1.165) is 6.42 Å². The van der Waals surface area contributed by atoms with Gasteiger partial charge in [-0.3, -0.25) is 4.79 Å². The molecular formula is C13H19ClN2O. The van der Waals surface area contributed by atoms with E-state index in [1.807, 2.05) is 18.7 Å². The van der Waals surface area contributed by atoms with Gasteiger partial charge in [0, 0.05) is 18.2 Å². The van der Waals surface area contributed by atoms with Crippen LogP contribution < -0.4 is 5.73 Å². The Labute approximate surface area is 108 Å². The molecule has 2 N–H and O–H groups in total. The van der Waals surface area contributed by atoms with Gasteiger partial charge in [-0.2, -0.15) is 0 Å². The number of benzene rings is 1. The van der Waals surface area contributed by atoms with Gasteiger partial charge in [-0.15, -0.1) is 0 Å². The fraction of sp³-hybridized carbons (Fsp3) is 0.462. The van der Waals surface area contributed by atoms with Crippen molar-refractivity contribution < 1.29 is 4.79 Å². The highest BCUT2D eigenvalue weighted by atomic mass is 35.5. The molecule has 0 saturated heterocycles. The van der Waals surface area contributed by atoms with Gasteiger partial charge in [-0.1, -0.05) is 18.5 Å². The van der Waals surface area contributed by atoms with Crippen LogP contribution in [0.25, 0.3) is 0 Å². The van der Waals surface area contributed by atoms with E-state index in [0.29, 0.717) is 22.8 Å². The maximum atomic E-state index is 12.3. The molecule has 0 radical (unpaired) electrons. The van der Waals surface area contributed by atoms with Crippen molar-refractivity contribution in [3.8, 4) is 0 Å². The van der Waals surface area contributed by atoms with Gasteiger partial charge >= 0.3 is 0 Å². The second kappa shape index (κ2) is 5.92. The van der Waals surface area contributed by atoms with Crippen molar-refractivity contribution in [2.75, 3.05) is 12.3 Å². The smallest absolute Gasteiger partial charge is 0.254 e. The zero-order chi connectivity index (χ0) is 13.0. The minimum atomic E-state index is 0.00483. The standard InChI is InChI=1S/C13H19ClN2O/c1-4-9(3)16(5-2)13(17)10-6-7-11(14)12(15)8-10/h6-9H,4-5,15H2,1-3H3. The molecule has 0 spiro atoms. The number of hydrogen-bond donors (Lipinski definition) is 1. The highest BCUT2D eigenvalue weighted by Gasteiger charge is 2.19. The SMILES string of the molecule is CCC(C)N(CC)C(=O)c1ccc(Cl)c(N)c1. The van der Waals surface area contributed by atoms with Crippen LogP contribution in [0, 0.1) is 0 Å². The first kappa shape index (κ1) is 13.8. The average Bonchev–Trinajstić information content (AvgIpc) is 2.33. The third-order valence-electron chi connectivity index (χ3n) is 2.97. The lowest BCUT2D eigenvalue weighted by Crippen LogP contribution is -2.38. The van der Waals surface area contributed by atoms with Crippen molar-refractivity contribution in [3.05, 3.63) is 28.8 Å². The Bertz CT molecular complexity index is 406. The summed E-state index contributed by atoms with van der Waals surface area (Å²) in [5, 5.41) is 0.480. The quantitative estimate of drug-likeness (QED) is 0.839. The van der Waals surface area contributed by atoms with Crippen molar-refractivity contribution in [3.63, 3.8) is 0 Å². The molecule has 4 heteroatoms. The van der Waals surface area contributed by atoms with Gasteiger partial charge in [0.05, 0.1) is 10.7 Å². The van der Waals surface area contributed by atoms with Gasteiger partial charge in [0.2, 0.25) is 0 Å². The molecule has 3 nitrogen and oxygen atoms in total. The van der Waals surface area contributed by atoms with Crippen molar-refractivity contribution in [1.82, 2.24) is 4.90 Å². The number of nitrogens with zero attached hydrogens (tertiary/aromatic N) is 1. The van der Waals surface area contributed by atoms with Crippen LogP contribution in [-0.2, 0) is 0 Å². The molecule has 0 aromatic heterocycles. The predicted molar refractivity (Wildman–Crippen MR) is 72.3 cm³/mol. The Hall–Kier alpha value is -1.22. The first-order chi connectivity index (χ1) is 8.01. The first-order valence-electron chi connectivity index (χ1n) is 5.87. The molecule has 1 aromatic carbocycles. The van der Waals surface area contributed by atoms with Crippen LogP contribution in [0.5, 0.6) is 0 Å². The third kappa shape index (κ3) is 3.13. The fourth-order valence-electron chi connectivity index (χ4n) is 1.72. The summed E-state index contributed by atoms with van der Waals surface area (Å²) in [7, 11) is 0. The van der Waals surface area contributed by atoms with Crippen LogP contribution in [-0.4, -0.2) is 23.4 Å². The number of nitrogen functional groups attached to an aromatic ring is 1. The molecule has 1 unspecified atom stereocenters. The Morgan fingerprint density at radius 3 is 2.59 bits per heavy atom. The van der Waals surface area contributed by atoms with Gasteiger partial charge in [0.1, 0.15) is 0 Å². The summed E-state index contributed by atoms with van der Waals surface area (Å²) in [5.41, 5.74) is 6.74. The Balaban J connectivity index is 2.98. The monoisotopic (exact) mass is 254 g/mol. The fourth-order valence-corrected chi connectivity index (χ4v) is 1.84. The van der Waals surface area contributed by atoms with Crippen molar-refractivity contribution >= 4 is 23.2 Å². The summed E-state index contributed by atoms with van der Waals surface area (Å²) >= 11 is 5.84. The number of amides is 1. The van der Waals surface area contributed by atoms with Gasteiger partial charge in [0.25, 0.3) is 5.91 Å². The molecule has 1 aromatic rings. The molecule has 1 atom stereocenters. The lowest BCUT2D eigenvalue weighted by Gasteiger charge is -2.27. The second-order valence-electron chi connectivity index (χ2n) is 4.08. The number of nitrogens with two attached hydrogens (primary N) is 1. The van der Waals surface area contributed by atoms with E-state index in [1.54, 1.807) is 18.2 Å². The van der Waals surface area contributed by atoms with E-state index < -0.39 is 0 Å². The van der Waals surface area contributed by atoms with Gasteiger partial charge in [-0.05, 0) is 38.5 Å². The third-order valence-corrected chi connectivity index (χ3v) is 3.31. The van der Waals surface area contributed by atoms with E-state index in [4.69, 9.17) is 17.3 Å². The van der Waals surface area contributed by atoms with Crippen LogP contribution in [0.15, 0.2) is 18.2 Å². The highest BCUT2D eigenvalue weighted by molar-refractivity contribution is 6.33. The summed E-state index contributed by atoms with van der Waals surface area (Å²) < 4.78 is 0. The topological polar surface area (TPSA) is 46.3 Å². The molecular weight excluding hydrogens is 236 g/mol. The van der Waals surface area contributed by atoms with E-state index in [2.05, 4.69) is 6.92 Å². The molecule has 1 rings (SSSR count). The van der Waals surface area contributed by atoms with E-state index in [9.17, 15) is 4.79 Å². The van der Waals surface area contributed by atoms with Crippen molar-refractivity contribution in [2.24, 2.45) is 0 Å². The minimum Gasteiger partial charge on any atom is -0.398 e. The van der Waals surface area contributed by atoms with Crippen LogP contribution in [0.1, 0.15) is 37.6 Å². The summed E-state index contributed by atoms with van der Waals surface area (Å²) in [6.45, 7) is 6.78. The maximum Gasteiger partial charge on any atom is 0.254 e. The Morgan fingerprint density at radius 1 is 1.47 bits per heavy atom. The van der Waals surface area contributed by atoms with Crippen molar-refractivity contribution in [1.29, 1.82) is 0 Å². The Kier molecular flexibility index (Phi) is 4.82. The largest absolute Gasteiger partial charge is 0.398 e. The number of carbonyl (C=O) groups excluding carboxylic acids is 1. The molecule has 17 heavy (non-hydrogen) atoms. The summed E-state index contributed by atoms with van der Waals surface area (Å²) in [6.07, 6.45) is 0.933. The molecule has 0 bridgehead atoms. The molecule has 0 aliphatic rings. The molecule has 0 aliphatic carbocycles. The number of hydrogen-bond acceptors (Lipinski definition) is 2. The number of rotatable bonds is 4. The van der Waals surface area contributed by atoms with Crippen LogP contribution in [0.2, 0.25) is 5.02 Å². The lowest BCUT2D eigenvalue weighted by atomic mass is 10.1.